The zero-order valence-electron chi connectivity index (χ0n) is 13.0. The molecule has 7 nitrogen and oxygen atoms in total. The molecule has 0 unspecified atom stereocenters. The maximum absolute atomic E-state index is 12.2. The van der Waals surface area contributed by atoms with Crippen LogP contribution in [0.2, 0.25) is 0 Å². The fourth-order valence-electron chi connectivity index (χ4n) is 2.16. The molecule has 0 aromatic heterocycles. The minimum Gasteiger partial charge on any atom is -0.395 e. The average Bonchev–Trinajstić information content (AvgIpc) is 2.78. The smallest absolute Gasteiger partial charge is 0.277 e. The van der Waals surface area contributed by atoms with Crippen LogP contribution in [-0.4, -0.2) is 40.9 Å². The summed E-state index contributed by atoms with van der Waals surface area (Å²) in [6, 6.07) is 5.35. The van der Waals surface area contributed by atoms with Crippen LogP contribution in [0.5, 0.6) is 0 Å². The molecular weight excluding hydrogens is 298 g/mol. The molecular formula is C16H19N3O4. The number of hydrogen-bond donors (Lipinski definition) is 3. The van der Waals surface area contributed by atoms with Crippen LogP contribution < -0.4 is 10.6 Å². The molecule has 1 aromatic carbocycles. The summed E-state index contributed by atoms with van der Waals surface area (Å²) in [5.41, 5.74) is 2.11. The van der Waals surface area contributed by atoms with Crippen molar-refractivity contribution < 1.29 is 19.5 Å². The van der Waals surface area contributed by atoms with E-state index in [2.05, 4.69) is 10.6 Å². The second-order valence-electron chi connectivity index (χ2n) is 5.15. The van der Waals surface area contributed by atoms with Crippen LogP contribution in [0.3, 0.4) is 0 Å². The van der Waals surface area contributed by atoms with Gasteiger partial charge in [-0.3, -0.25) is 19.3 Å². The molecule has 0 atom stereocenters. The van der Waals surface area contributed by atoms with E-state index in [4.69, 9.17) is 5.11 Å². The average molecular weight is 317 g/mol. The minimum absolute atomic E-state index is 0.0490. The van der Waals surface area contributed by atoms with Crippen molar-refractivity contribution in [1.29, 1.82) is 0 Å². The summed E-state index contributed by atoms with van der Waals surface area (Å²) < 4.78 is 0. The van der Waals surface area contributed by atoms with Gasteiger partial charge in [0, 0.05) is 12.5 Å². The van der Waals surface area contributed by atoms with Gasteiger partial charge < -0.3 is 15.7 Å². The van der Waals surface area contributed by atoms with Crippen molar-refractivity contribution in [3.63, 3.8) is 0 Å². The standard InChI is InChI=1S/C16H19N3O4/c1-3-14(21)18-11-5-4-10(2)8-12(11)17-13-9-15(22)19(6-7-20)16(13)23/h4-5,8-9,17,20H,3,6-7H2,1-2H3,(H,18,21). The minimum atomic E-state index is -0.502. The Labute approximate surface area is 134 Å². The van der Waals surface area contributed by atoms with Gasteiger partial charge in [0.15, 0.2) is 0 Å². The normalized spacial score (nSPS) is 14.0. The largest absolute Gasteiger partial charge is 0.395 e. The molecule has 3 amide bonds. The Kier molecular flexibility index (Phi) is 5.13. The zero-order chi connectivity index (χ0) is 17.0. The van der Waals surface area contributed by atoms with Gasteiger partial charge in [-0.1, -0.05) is 13.0 Å². The Balaban J connectivity index is 2.24. The number of β-amino-alcohol motifs (C(OH)–C–C–N with tert-alkyl or cyclic N) is 1. The summed E-state index contributed by atoms with van der Waals surface area (Å²) in [6.45, 7) is 3.28. The molecule has 122 valence electrons. The number of rotatable bonds is 6. The number of nitrogens with zero attached hydrogens (tertiary/aromatic N) is 1. The summed E-state index contributed by atoms with van der Waals surface area (Å²) in [6.07, 6.45) is 1.52. The van der Waals surface area contributed by atoms with E-state index in [0.717, 1.165) is 10.5 Å². The van der Waals surface area contributed by atoms with E-state index in [1.807, 2.05) is 13.0 Å². The van der Waals surface area contributed by atoms with Crippen molar-refractivity contribution in [1.82, 2.24) is 4.90 Å². The van der Waals surface area contributed by atoms with E-state index < -0.39 is 11.8 Å². The van der Waals surface area contributed by atoms with Crippen molar-refractivity contribution in [2.24, 2.45) is 0 Å². The third-order valence-corrected chi connectivity index (χ3v) is 3.37. The predicted octanol–water partition coefficient (Wildman–Crippen LogP) is 1.00. The Hall–Kier alpha value is -2.67. The van der Waals surface area contributed by atoms with Gasteiger partial charge >= 0.3 is 0 Å². The number of benzene rings is 1. The quantitative estimate of drug-likeness (QED) is 0.680. The number of anilines is 2. The van der Waals surface area contributed by atoms with Crippen LogP contribution in [-0.2, 0) is 14.4 Å². The van der Waals surface area contributed by atoms with E-state index in [1.165, 1.54) is 6.08 Å². The lowest BCUT2D eigenvalue weighted by Crippen LogP contribution is -2.34. The van der Waals surface area contributed by atoms with Crippen molar-refractivity contribution in [3.8, 4) is 0 Å². The van der Waals surface area contributed by atoms with Gasteiger partial charge in [0.1, 0.15) is 5.70 Å². The molecule has 1 aliphatic heterocycles. The maximum Gasteiger partial charge on any atom is 0.277 e. The van der Waals surface area contributed by atoms with Gasteiger partial charge in [-0.05, 0) is 24.6 Å². The first-order valence-electron chi connectivity index (χ1n) is 7.32. The molecule has 2 rings (SSSR count). The summed E-state index contributed by atoms with van der Waals surface area (Å²) in [5.74, 6) is -1.13. The molecule has 0 saturated carbocycles. The molecule has 3 N–H and O–H groups in total. The molecule has 7 heteroatoms. The maximum atomic E-state index is 12.2. The molecule has 1 aromatic rings. The second-order valence-corrected chi connectivity index (χ2v) is 5.15. The lowest BCUT2D eigenvalue weighted by atomic mass is 10.1. The number of nitrogens with one attached hydrogen (secondary N) is 2. The summed E-state index contributed by atoms with van der Waals surface area (Å²) in [4.78, 5) is 36.5. The molecule has 1 heterocycles. The highest BCUT2D eigenvalue weighted by atomic mass is 16.3. The number of amides is 3. The third-order valence-electron chi connectivity index (χ3n) is 3.37. The fourth-order valence-corrected chi connectivity index (χ4v) is 2.16. The van der Waals surface area contributed by atoms with Gasteiger partial charge in [0.05, 0.1) is 24.5 Å². The molecule has 0 radical (unpaired) electrons. The second kappa shape index (κ2) is 7.06. The van der Waals surface area contributed by atoms with E-state index in [9.17, 15) is 14.4 Å². The monoisotopic (exact) mass is 317 g/mol. The molecule has 1 aliphatic rings. The Morgan fingerprint density at radius 3 is 2.65 bits per heavy atom. The van der Waals surface area contributed by atoms with Crippen LogP contribution >= 0.6 is 0 Å². The summed E-state index contributed by atoms with van der Waals surface area (Å²) >= 11 is 0. The molecule has 0 bridgehead atoms. The highest BCUT2D eigenvalue weighted by molar-refractivity contribution is 6.17. The first-order valence-corrected chi connectivity index (χ1v) is 7.32. The first-order chi connectivity index (χ1) is 11.0. The Morgan fingerprint density at radius 1 is 1.26 bits per heavy atom. The molecule has 23 heavy (non-hydrogen) atoms. The summed E-state index contributed by atoms with van der Waals surface area (Å²) in [5, 5.41) is 14.6. The number of aryl methyl sites for hydroxylation is 1. The van der Waals surface area contributed by atoms with Crippen molar-refractivity contribution >= 4 is 29.1 Å². The third kappa shape index (κ3) is 3.75. The lowest BCUT2D eigenvalue weighted by Gasteiger charge is -2.16. The van der Waals surface area contributed by atoms with Crippen LogP contribution in [0.4, 0.5) is 11.4 Å². The Morgan fingerprint density at radius 2 is 2.00 bits per heavy atom. The van der Waals surface area contributed by atoms with Crippen LogP contribution in [0, 0.1) is 6.92 Å². The zero-order valence-corrected chi connectivity index (χ0v) is 13.0. The number of aliphatic hydroxyl groups is 1. The van der Waals surface area contributed by atoms with Crippen molar-refractivity contribution in [2.45, 2.75) is 20.3 Å². The number of hydrogen-bond acceptors (Lipinski definition) is 5. The molecule has 0 saturated heterocycles. The van der Waals surface area contributed by atoms with E-state index in [0.29, 0.717) is 17.8 Å². The molecule has 0 fully saturated rings. The van der Waals surface area contributed by atoms with Gasteiger partial charge in [-0.2, -0.15) is 0 Å². The van der Waals surface area contributed by atoms with Gasteiger partial charge in [0.2, 0.25) is 5.91 Å². The highest BCUT2D eigenvalue weighted by Crippen LogP contribution is 2.26. The first kappa shape index (κ1) is 16.7. The number of carbonyl (C=O) groups excluding carboxylic acids is 3. The SMILES string of the molecule is CCC(=O)Nc1ccc(C)cc1NC1=CC(=O)N(CCO)C1=O. The van der Waals surface area contributed by atoms with E-state index in [-0.39, 0.29) is 24.8 Å². The highest BCUT2D eigenvalue weighted by Gasteiger charge is 2.30. The number of imide groups is 1. The van der Waals surface area contributed by atoms with Crippen LogP contribution in [0.25, 0.3) is 0 Å². The van der Waals surface area contributed by atoms with Gasteiger partial charge in [0.25, 0.3) is 11.8 Å². The topological polar surface area (TPSA) is 98.7 Å². The fraction of sp³-hybridized carbons (Fsp3) is 0.312. The predicted molar refractivity (Wildman–Crippen MR) is 85.6 cm³/mol. The lowest BCUT2D eigenvalue weighted by molar-refractivity contribution is -0.137. The molecule has 0 aliphatic carbocycles. The van der Waals surface area contributed by atoms with Crippen LogP contribution in [0.1, 0.15) is 18.9 Å². The van der Waals surface area contributed by atoms with Crippen LogP contribution in [0.15, 0.2) is 30.0 Å². The van der Waals surface area contributed by atoms with Gasteiger partial charge in [-0.25, -0.2) is 0 Å². The number of carbonyl (C=O) groups is 3. The Bertz CT molecular complexity index is 682. The van der Waals surface area contributed by atoms with E-state index in [1.54, 1.807) is 19.1 Å². The number of aliphatic hydroxyl groups excluding tert-OH is 1. The summed E-state index contributed by atoms with van der Waals surface area (Å²) in [7, 11) is 0. The van der Waals surface area contributed by atoms with Crippen molar-refractivity contribution in [3.05, 3.63) is 35.5 Å². The van der Waals surface area contributed by atoms with Gasteiger partial charge in [-0.15, -0.1) is 0 Å². The van der Waals surface area contributed by atoms with E-state index >= 15 is 0 Å². The molecule has 0 spiro atoms. The van der Waals surface area contributed by atoms with Crippen molar-refractivity contribution in [2.75, 3.05) is 23.8 Å².